The summed E-state index contributed by atoms with van der Waals surface area (Å²) in [6, 6.07) is 11.1. The fraction of sp³-hybridized carbons (Fsp3) is 0.200. The second-order valence-corrected chi connectivity index (χ2v) is 8.76. The van der Waals surface area contributed by atoms with E-state index in [1.807, 2.05) is 36.6 Å². The molecule has 3 heterocycles. The molecule has 4 rings (SSSR count). The number of anilines is 1. The van der Waals surface area contributed by atoms with Crippen molar-refractivity contribution in [2.45, 2.75) is 19.8 Å². The van der Waals surface area contributed by atoms with E-state index in [2.05, 4.69) is 15.6 Å². The van der Waals surface area contributed by atoms with E-state index in [0.29, 0.717) is 17.1 Å². The van der Waals surface area contributed by atoms with Crippen molar-refractivity contribution in [2.75, 3.05) is 5.32 Å². The Morgan fingerprint density at radius 3 is 2.64 bits per heavy atom. The molecule has 1 fully saturated rings. The lowest BCUT2D eigenvalue weighted by atomic mass is 9.97. The van der Waals surface area contributed by atoms with Gasteiger partial charge in [-0.2, -0.15) is 0 Å². The van der Waals surface area contributed by atoms with Crippen LogP contribution in [0.15, 0.2) is 41.8 Å². The molecule has 2 aromatic heterocycles. The number of carbonyl (C=O) groups is 3. The lowest BCUT2D eigenvalue weighted by Gasteiger charge is -2.07. The SMILES string of the molecule is Cc1ccc(-c2csc(NC(=O)c3ccc(CC4CC(=O)NC4=O)cc3)n2)s1. The van der Waals surface area contributed by atoms with Crippen molar-refractivity contribution in [2.24, 2.45) is 5.92 Å². The second-order valence-electron chi connectivity index (χ2n) is 6.62. The average molecular weight is 412 g/mol. The number of amides is 3. The van der Waals surface area contributed by atoms with Crippen molar-refractivity contribution < 1.29 is 14.4 Å². The first-order chi connectivity index (χ1) is 13.5. The molecule has 0 spiro atoms. The zero-order chi connectivity index (χ0) is 19.7. The van der Waals surface area contributed by atoms with Crippen LogP contribution < -0.4 is 10.6 Å². The van der Waals surface area contributed by atoms with Crippen LogP contribution in [0.5, 0.6) is 0 Å². The summed E-state index contributed by atoms with van der Waals surface area (Å²) in [4.78, 5) is 42.2. The molecule has 8 heteroatoms. The van der Waals surface area contributed by atoms with Crippen molar-refractivity contribution in [3.63, 3.8) is 0 Å². The van der Waals surface area contributed by atoms with Crippen LogP contribution in [0.1, 0.15) is 27.2 Å². The third-order valence-corrected chi connectivity index (χ3v) is 6.26. The lowest BCUT2D eigenvalue weighted by Crippen LogP contribution is -2.22. The maximum absolute atomic E-state index is 12.5. The van der Waals surface area contributed by atoms with Crippen LogP contribution in [-0.4, -0.2) is 22.7 Å². The van der Waals surface area contributed by atoms with Gasteiger partial charge in [0, 0.05) is 22.2 Å². The van der Waals surface area contributed by atoms with Crippen molar-refractivity contribution in [3.8, 4) is 10.6 Å². The van der Waals surface area contributed by atoms with Crippen LogP contribution in [0.2, 0.25) is 0 Å². The van der Waals surface area contributed by atoms with Crippen molar-refractivity contribution in [1.82, 2.24) is 10.3 Å². The van der Waals surface area contributed by atoms with E-state index >= 15 is 0 Å². The fourth-order valence-electron chi connectivity index (χ4n) is 3.03. The van der Waals surface area contributed by atoms with Gasteiger partial charge >= 0.3 is 0 Å². The Hall–Kier alpha value is -2.84. The standard InChI is InChI=1S/C20H17N3O3S2/c1-11-2-7-16(28-11)15-10-27-20(21-15)23-18(25)13-5-3-12(4-6-13)8-14-9-17(24)22-19(14)26/h2-7,10,14H,8-9H2,1H3,(H,21,23,25)(H,22,24,26). The predicted molar refractivity (Wildman–Crippen MR) is 110 cm³/mol. The Balaban J connectivity index is 1.39. The minimum Gasteiger partial charge on any atom is -0.298 e. The molecular weight excluding hydrogens is 394 g/mol. The summed E-state index contributed by atoms with van der Waals surface area (Å²) >= 11 is 3.05. The summed E-state index contributed by atoms with van der Waals surface area (Å²) in [6.07, 6.45) is 0.701. The molecule has 2 N–H and O–H groups in total. The van der Waals surface area contributed by atoms with Gasteiger partial charge in [0.05, 0.1) is 16.5 Å². The van der Waals surface area contributed by atoms with E-state index in [4.69, 9.17) is 0 Å². The second kappa shape index (κ2) is 7.65. The van der Waals surface area contributed by atoms with Crippen LogP contribution in [0, 0.1) is 12.8 Å². The Morgan fingerprint density at radius 2 is 2.00 bits per heavy atom. The van der Waals surface area contributed by atoms with Gasteiger partial charge in [-0.1, -0.05) is 12.1 Å². The van der Waals surface area contributed by atoms with E-state index in [1.165, 1.54) is 16.2 Å². The molecule has 1 aromatic carbocycles. The van der Waals surface area contributed by atoms with E-state index in [0.717, 1.165) is 16.1 Å². The maximum atomic E-state index is 12.5. The number of nitrogens with zero attached hydrogens (tertiary/aromatic N) is 1. The number of aryl methyl sites for hydroxylation is 1. The van der Waals surface area contributed by atoms with Crippen LogP contribution in [0.4, 0.5) is 5.13 Å². The normalized spacial score (nSPS) is 16.2. The van der Waals surface area contributed by atoms with Gasteiger partial charge in [0.1, 0.15) is 0 Å². The third kappa shape index (κ3) is 4.02. The van der Waals surface area contributed by atoms with Gasteiger partial charge in [-0.15, -0.1) is 22.7 Å². The van der Waals surface area contributed by atoms with Crippen molar-refractivity contribution >= 4 is 45.5 Å². The number of carbonyl (C=O) groups excluding carboxylic acids is 3. The van der Waals surface area contributed by atoms with Gasteiger partial charge in [-0.25, -0.2) is 4.98 Å². The zero-order valence-electron chi connectivity index (χ0n) is 15.0. The summed E-state index contributed by atoms with van der Waals surface area (Å²) in [5.41, 5.74) is 2.29. The molecule has 0 aliphatic carbocycles. The maximum Gasteiger partial charge on any atom is 0.257 e. The molecule has 1 saturated heterocycles. The molecule has 1 unspecified atom stereocenters. The van der Waals surface area contributed by atoms with Crippen LogP contribution >= 0.6 is 22.7 Å². The molecule has 142 valence electrons. The molecule has 3 amide bonds. The summed E-state index contributed by atoms with van der Waals surface area (Å²) in [5.74, 6) is -1.02. The third-order valence-electron chi connectivity index (χ3n) is 4.48. The quantitative estimate of drug-likeness (QED) is 0.628. The molecular formula is C20H17N3O3S2. The Bertz CT molecular complexity index is 1050. The first-order valence-electron chi connectivity index (χ1n) is 8.74. The summed E-state index contributed by atoms with van der Waals surface area (Å²) < 4.78 is 0. The van der Waals surface area contributed by atoms with E-state index in [-0.39, 0.29) is 30.1 Å². The van der Waals surface area contributed by atoms with Gasteiger partial charge < -0.3 is 0 Å². The van der Waals surface area contributed by atoms with Gasteiger partial charge in [-0.3, -0.25) is 25.0 Å². The number of benzene rings is 1. The minimum atomic E-state index is -0.332. The van der Waals surface area contributed by atoms with Crippen molar-refractivity contribution in [3.05, 3.63) is 57.8 Å². The number of nitrogens with one attached hydrogen (secondary N) is 2. The molecule has 1 aliphatic rings. The first kappa shape index (κ1) is 18.5. The number of thiazole rings is 1. The molecule has 1 aliphatic heterocycles. The van der Waals surface area contributed by atoms with Gasteiger partial charge in [0.25, 0.3) is 5.91 Å². The smallest absolute Gasteiger partial charge is 0.257 e. The molecule has 0 bridgehead atoms. The van der Waals surface area contributed by atoms with Gasteiger partial charge in [0.2, 0.25) is 11.8 Å². The molecule has 0 radical (unpaired) electrons. The number of rotatable bonds is 5. The van der Waals surface area contributed by atoms with Crippen molar-refractivity contribution in [1.29, 1.82) is 0 Å². The molecule has 6 nitrogen and oxygen atoms in total. The topological polar surface area (TPSA) is 88.2 Å². The monoisotopic (exact) mass is 411 g/mol. The number of thiophene rings is 1. The highest BCUT2D eigenvalue weighted by atomic mass is 32.1. The largest absolute Gasteiger partial charge is 0.298 e. The number of imide groups is 1. The zero-order valence-corrected chi connectivity index (χ0v) is 16.7. The molecule has 1 atom stereocenters. The summed E-state index contributed by atoms with van der Waals surface area (Å²) in [5, 5.41) is 7.62. The molecule has 28 heavy (non-hydrogen) atoms. The van der Waals surface area contributed by atoms with Gasteiger partial charge in [0.15, 0.2) is 5.13 Å². The Labute approximate surface area is 169 Å². The first-order valence-corrected chi connectivity index (χ1v) is 10.4. The number of aromatic nitrogens is 1. The van der Waals surface area contributed by atoms with E-state index < -0.39 is 0 Å². The fourth-order valence-corrected chi connectivity index (χ4v) is 4.64. The highest BCUT2D eigenvalue weighted by Gasteiger charge is 2.30. The number of hydrogen-bond donors (Lipinski definition) is 2. The lowest BCUT2D eigenvalue weighted by molar-refractivity contribution is -0.125. The summed E-state index contributed by atoms with van der Waals surface area (Å²) in [6.45, 7) is 2.05. The number of hydrogen-bond acceptors (Lipinski definition) is 6. The highest BCUT2D eigenvalue weighted by Crippen LogP contribution is 2.30. The Kier molecular flexibility index (Phi) is 5.06. The van der Waals surface area contributed by atoms with E-state index in [9.17, 15) is 14.4 Å². The highest BCUT2D eigenvalue weighted by molar-refractivity contribution is 7.17. The van der Waals surface area contributed by atoms with Crippen LogP contribution in [0.3, 0.4) is 0 Å². The van der Waals surface area contributed by atoms with Gasteiger partial charge in [-0.05, 0) is 43.2 Å². The molecule has 3 aromatic rings. The van der Waals surface area contributed by atoms with E-state index in [1.54, 1.807) is 23.5 Å². The molecule has 0 saturated carbocycles. The van der Waals surface area contributed by atoms with Crippen LogP contribution in [-0.2, 0) is 16.0 Å². The summed E-state index contributed by atoms with van der Waals surface area (Å²) in [7, 11) is 0. The average Bonchev–Trinajstić information content (AvgIpc) is 3.37. The Morgan fingerprint density at radius 1 is 1.21 bits per heavy atom. The minimum absolute atomic E-state index is 0.219. The predicted octanol–water partition coefficient (Wildman–Crippen LogP) is 3.64. The van der Waals surface area contributed by atoms with Crippen LogP contribution in [0.25, 0.3) is 10.6 Å².